The lowest BCUT2D eigenvalue weighted by molar-refractivity contribution is 0.0517. The molecule has 0 radical (unpaired) electrons. The molecule has 0 bridgehead atoms. The van der Waals surface area contributed by atoms with Crippen LogP contribution in [-0.2, 0) is 4.74 Å². The van der Waals surface area contributed by atoms with Crippen molar-refractivity contribution in [2.75, 3.05) is 6.54 Å². The summed E-state index contributed by atoms with van der Waals surface area (Å²) in [5.41, 5.74) is 0.840. The molecular formula is C17H24BrNO2. The molecule has 1 aliphatic rings. The predicted octanol–water partition coefficient (Wildman–Crippen LogP) is 4.86. The van der Waals surface area contributed by atoms with Crippen molar-refractivity contribution in [3.63, 3.8) is 0 Å². The molecule has 1 N–H and O–H groups in total. The third-order valence-electron chi connectivity index (χ3n) is 3.88. The van der Waals surface area contributed by atoms with Crippen molar-refractivity contribution in [1.82, 2.24) is 5.32 Å². The average molecular weight is 354 g/mol. The van der Waals surface area contributed by atoms with Gasteiger partial charge in [0.2, 0.25) is 0 Å². The fraction of sp³-hybridized carbons (Fsp3) is 0.588. The van der Waals surface area contributed by atoms with Gasteiger partial charge in [0.25, 0.3) is 0 Å². The van der Waals surface area contributed by atoms with Crippen LogP contribution in [0.4, 0.5) is 4.79 Å². The molecule has 1 fully saturated rings. The molecule has 0 aromatic heterocycles. The number of benzene rings is 1. The highest BCUT2D eigenvalue weighted by molar-refractivity contribution is 9.10. The summed E-state index contributed by atoms with van der Waals surface area (Å²) in [6, 6.07) is 8.41. The second-order valence-corrected chi connectivity index (χ2v) is 7.65. The molecule has 4 heteroatoms. The van der Waals surface area contributed by atoms with Crippen molar-refractivity contribution in [3.05, 3.63) is 34.3 Å². The third-order valence-corrected chi connectivity index (χ3v) is 4.41. The Morgan fingerprint density at radius 1 is 1.33 bits per heavy atom. The van der Waals surface area contributed by atoms with E-state index in [9.17, 15) is 4.79 Å². The van der Waals surface area contributed by atoms with Gasteiger partial charge in [0.15, 0.2) is 0 Å². The highest BCUT2D eigenvalue weighted by Crippen LogP contribution is 2.39. The smallest absolute Gasteiger partial charge is 0.407 e. The van der Waals surface area contributed by atoms with E-state index in [0.29, 0.717) is 18.4 Å². The zero-order valence-electron chi connectivity index (χ0n) is 13.0. The Hall–Kier alpha value is -1.03. The van der Waals surface area contributed by atoms with E-state index in [4.69, 9.17) is 4.74 Å². The summed E-state index contributed by atoms with van der Waals surface area (Å²) in [5, 5.41) is 2.93. The van der Waals surface area contributed by atoms with Gasteiger partial charge in [0.1, 0.15) is 5.60 Å². The Balaban J connectivity index is 1.97. The molecule has 3 nitrogen and oxygen atoms in total. The minimum atomic E-state index is -0.451. The van der Waals surface area contributed by atoms with Crippen molar-refractivity contribution in [3.8, 4) is 0 Å². The first-order chi connectivity index (χ1) is 9.85. The van der Waals surface area contributed by atoms with Gasteiger partial charge in [-0.2, -0.15) is 0 Å². The molecule has 0 spiro atoms. The van der Waals surface area contributed by atoms with E-state index >= 15 is 0 Å². The molecule has 1 unspecified atom stereocenters. The van der Waals surface area contributed by atoms with Gasteiger partial charge in [-0.15, -0.1) is 0 Å². The summed E-state index contributed by atoms with van der Waals surface area (Å²) < 4.78 is 6.40. The normalized spacial score (nSPS) is 17.0. The van der Waals surface area contributed by atoms with Gasteiger partial charge in [-0.05, 0) is 57.2 Å². The number of carbonyl (C=O) groups excluding carboxylic acids is 1. The number of rotatable bonds is 4. The average Bonchev–Trinajstić information content (AvgIpc) is 2.31. The van der Waals surface area contributed by atoms with Crippen LogP contribution in [0.2, 0.25) is 0 Å². The number of alkyl carbamates (subject to hydrolysis) is 1. The number of halogens is 1. The molecule has 1 aromatic rings. The van der Waals surface area contributed by atoms with E-state index < -0.39 is 5.60 Å². The second-order valence-electron chi connectivity index (χ2n) is 6.73. The summed E-state index contributed by atoms with van der Waals surface area (Å²) in [6.45, 7) is 6.28. The van der Waals surface area contributed by atoms with Crippen LogP contribution in [0, 0.1) is 5.92 Å². The Morgan fingerprint density at radius 2 is 1.95 bits per heavy atom. The highest BCUT2D eigenvalue weighted by Gasteiger charge is 2.29. The number of nitrogens with one attached hydrogen (secondary N) is 1. The van der Waals surface area contributed by atoms with Crippen LogP contribution in [-0.4, -0.2) is 18.2 Å². The lowest BCUT2D eigenvalue weighted by Gasteiger charge is -2.34. The molecule has 21 heavy (non-hydrogen) atoms. The maximum Gasteiger partial charge on any atom is 0.407 e. The van der Waals surface area contributed by atoms with Crippen LogP contribution in [0.25, 0.3) is 0 Å². The second kappa shape index (κ2) is 6.82. The van der Waals surface area contributed by atoms with Gasteiger partial charge >= 0.3 is 6.09 Å². The molecule has 0 heterocycles. The lowest BCUT2D eigenvalue weighted by atomic mass is 9.73. The Morgan fingerprint density at radius 3 is 2.43 bits per heavy atom. The van der Waals surface area contributed by atoms with Gasteiger partial charge in [-0.25, -0.2) is 4.79 Å². The van der Waals surface area contributed by atoms with E-state index in [0.717, 1.165) is 4.47 Å². The molecule has 1 saturated carbocycles. The summed E-state index contributed by atoms with van der Waals surface area (Å²) in [6.07, 6.45) is 3.46. The van der Waals surface area contributed by atoms with E-state index in [1.807, 2.05) is 20.8 Å². The maximum absolute atomic E-state index is 11.8. The Bertz CT molecular complexity index is 475. The zero-order chi connectivity index (χ0) is 15.5. The fourth-order valence-corrected chi connectivity index (χ4v) is 2.88. The van der Waals surface area contributed by atoms with Crippen molar-refractivity contribution >= 4 is 22.0 Å². The summed E-state index contributed by atoms with van der Waals surface area (Å²) in [7, 11) is 0. The Labute approximate surface area is 135 Å². The number of amides is 1. The zero-order valence-corrected chi connectivity index (χ0v) is 14.6. The minimum Gasteiger partial charge on any atom is -0.444 e. The quantitative estimate of drug-likeness (QED) is 0.839. The van der Waals surface area contributed by atoms with Gasteiger partial charge < -0.3 is 10.1 Å². The Kier molecular flexibility index (Phi) is 5.31. The monoisotopic (exact) mass is 353 g/mol. The number of ether oxygens (including phenoxy) is 1. The van der Waals surface area contributed by atoms with E-state index in [2.05, 4.69) is 45.5 Å². The number of carbonyl (C=O) groups is 1. The van der Waals surface area contributed by atoms with E-state index in [-0.39, 0.29) is 6.09 Å². The summed E-state index contributed by atoms with van der Waals surface area (Å²) in [5.74, 6) is 1.04. The standard InChI is InChI=1S/C17H24BrNO2/c1-17(2,3)21-16(20)19-11-15(12-5-4-6-12)13-7-9-14(18)10-8-13/h7-10,12,15H,4-6,11H2,1-3H3,(H,19,20). The SMILES string of the molecule is CC(C)(C)OC(=O)NCC(c1ccc(Br)cc1)C1CCC1. The molecule has 1 aliphatic carbocycles. The van der Waals surface area contributed by atoms with Gasteiger partial charge in [0.05, 0.1) is 0 Å². The molecular weight excluding hydrogens is 330 g/mol. The van der Waals surface area contributed by atoms with Gasteiger partial charge in [-0.1, -0.05) is 34.5 Å². The first-order valence-corrected chi connectivity index (χ1v) is 8.37. The van der Waals surface area contributed by atoms with Crippen molar-refractivity contribution in [2.24, 2.45) is 5.92 Å². The first-order valence-electron chi connectivity index (χ1n) is 7.57. The first kappa shape index (κ1) is 16.3. The van der Waals surface area contributed by atoms with Crippen LogP contribution < -0.4 is 5.32 Å². The molecule has 2 rings (SSSR count). The fourth-order valence-electron chi connectivity index (χ4n) is 2.62. The predicted molar refractivity (Wildman–Crippen MR) is 88.5 cm³/mol. The minimum absolute atomic E-state index is 0.330. The van der Waals surface area contributed by atoms with Crippen LogP contribution in [0.3, 0.4) is 0 Å². The van der Waals surface area contributed by atoms with Gasteiger partial charge in [-0.3, -0.25) is 0 Å². The molecule has 0 aliphatic heterocycles. The van der Waals surface area contributed by atoms with E-state index in [1.165, 1.54) is 24.8 Å². The van der Waals surface area contributed by atoms with Crippen LogP contribution in [0.15, 0.2) is 28.7 Å². The van der Waals surface area contributed by atoms with Gasteiger partial charge in [0, 0.05) is 16.9 Å². The van der Waals surface area contributed by atoms with Crippen LogP contribution in [0.5, 0.6) is 0 Å². The van der Waals surface area contributed by atoms with E-state index in [1.54, 1.807) is 0 Å². The maximum atomic E-state index is 11.8. The largest absolute Gasteiger partial charge is 0.444 e. The molecule has 0 saturated heterocycles. The van der Waals surface area contributed by atoms with Crippen molar-refractivity contribution in [2.45, 2.75) is 51.6 Å². The van der Waals surface area contributed by atoms with Crippen LogP contribution in [0.1, 0.15) is 51.5 Å². The number of hydrogen-bond acceptors (Lipinski definition) is 2. The lowest BCUT2D eigenvalue weighted by Crippen LogP contribution is -2.37. The van der Waals surface area contributed by atoms with Crippen molar-refractivity contribution < 1.29 is 9.53 Å². The topological polar surface area (TPSA) is 38.3 Å². The van der Waals surface area contributed by atoms with Crippen molar-refractivity contribution in [1.29, 1.82) is 0 Å². The molecule has 1 atom stereocenters. The number of hydrogen-bond donors (Lipinski definition) is 1. The molecule has 1 aromatic carbocycles. The summed E-state index contributed by atoms with van der Waals surface area (Å²) >= 11 is 3.47. The molecule has 116 valence electrons. The summed E-state index contributed by atoms with van der Waals surface area (Å²) in [4.78, 5) is 11.8. The molecule has 1 amide bonds. The third kappa shape index (κ3) is 5.03. The highest BCUT2D eigenvalue weighted by atomic mass is 79.9. The van der Waals surface area contributed by atoms with Crippen LogP contribution >= 0.6 is 15.9 Å².